The number of hydrogen-bond donors (Lipinski definition) is 1. The van der Waals surface area contributed by atoms with Crippen LogP contribution in [-0.4, -0.2) is 31.9 Å². The fourth-order valence-corrected chi connectivity index (χ4v) is 7.97. The highest BCUT2D eigenvalue weighted by atomic mass is 28.3. The lowest BCUT2D eigenvalue weighted by Crippen LogP contribution is -2.53. The van der Waals surface area contributed by atoms with Crippen molar-refractivity contribution in [2.45, 2.75) is 38.6 Å². The summed E-state index contributed by atoms with van der Waals surface area (Å²) in [6.45, 7) is 16.1. The Bertz CT molecular complexity index is 551. The summed E-state index contributed by atoms with van der Waals surface area (Å²) in [5.41, 5.74) is 0.0187. The molecule has 1 rings (SSSR count). The third kappa shape index (κ3) is 4.68. The molecule has 0 bridgehead atoms. The van der Waals surface area contributed by atoms with Crippen molar-refractivity contribution < 1.29 is 14.6 Å². The van der Waals surface area contributed by atoms with E-state index < -0.39 is 20.1 Å². The van der Waals surface area contributed by atoms with Gasteiger partial charge in [0.1, 0.15) is 6.61 Å². The highest BCUT2D eigenvalue weighted by molar-refractivity contribution is 6.91. The summed E-state index contributed by atoms with van der Waals surface area (Å²) in [5, 5.41) is 11.8. The maximum atomic E-state index is 12.7. The van der Waals surface area contributed by atoms with Crippen molar-refractivity contribution in [3.8, 4) is 0 Å². The molecular formula is C20H30O3Si. The molecule has 3 atom stereocenters. The van der Waals surface area contributed by atoms with Gasteiger partial charge in [-0.3, -0.25) is 4.79 Å². The molecule has 4 heteroatoms. The van der Waals surface area contributed by atoms with Crippen molar-refractivity contribution in [2.24, 2.45) is 11.8 Å². The van der Waals surface area contributed by atoms with E-state index in [4.69, 9.17) is 4.74 Å². The fraction of sp³-hybridized carbons (Fsp3) is 0.450. The number of ether oxygens (including phenoxy) is 1. The Balaban J connectivity index is 3.32. The Morgan fingerprint density at radius 3 is 2.29 bits per heavy atom. The van der Waals surface area contributed by atoms with Crippen LogP contribution in [-0.2, 0) is 9.53 Å². The number of benzene rings is 1. The zero-order valence-corrected chi connectivity index (χ0v) is 16.2. The highest BCUT2D eigenvalue weighted by Crippen LogP contribution is 2.39. The zero-order valence-electron chi connectivity index (χ0n) is 15.2. The molecular weight excluding hydrogens is 316 g/mol. The minimum atomic E-state index is -2.05. The second kappa shape index (κ2) is 8.99. The molecule has 0 aliphatic rings. The summed E-state index contributed by atoms with van der Waals surface area (Å²) in [6.07, 6.45) is 2.05. The summed E-state index contributed by atoms with van der Waals surface area (Å²) < 4.78 is 5.30. The monoisotopic (exact) mass is 346 g/mol. The van der Waals surface area contributed by atoms with Gasteiger partial charge < -0.3 is 9.84 Å². The van der Waals surface area contributed by atoms with Gasteiger partial charge in [0, 0.05) is 0 Å². The number of rotatable bonds is 9. The third-order valence-corrected chi connectivity index (χ3v) is 9.20. The van der Waals surface area contributed by atoms with Gasteiger partial charge in [0.15, 0.2) is 0 Å². The van der Waals surface area contributed by atoms with E-state index in [1.54, 1.807) is 6.08 Å². The SMILES string of the molecule is C=CCOC(=O)[C@@H]([C@@H](O)C=C)[C@H](C(C)C)[Si](C)(C)c1ccccc1. The van der Waals surface area contributed by atoms with Crippen molar-refractivity contribution in [3.05, 3.63) is 55.6 Å². The molecule has 0 aliphatic heterocycles. The van der Waals surface area contributed by atoms with Gasteiger partial charge in [0.2, 0.25) is 0 Å². The van der Waals surface area contributed by atoms with Crippen molar-refractivity contribution in [1.82, 2.24) is 0 Å². The number of hydrogen-bond acceptors (Lipinski definition) is 3. The molecule has 0 unspecified atom stereocenters. The Kier molecular flexibility index (Phi) is 7.64. The number of carbonyl (C=O) groups is 1. The van der Waals surface area contributed by atoms with Crippen molar-refractivity contribution in [2.75, 3.05) is 6.61 Å². The van der Waals surface area contributed by atoms with Crippen molar-refractivity contribution in [3.63, 3.8) is 0 Å². The highest BCUT2D eigenvalue weighted by Gasteiger charge is 2.46. The first-order valence-corrected chi connectivity index (χ1v) is 11.5. The smallest absolute Gasteiger partial charge is 0.312 e. The molecule has 0 amide bonds. The van der Waals surface area contributed by atoms with Crippen LogP contribution in [0.3, 0.4) is 0 Å². The number of carbonyl (C=O) groups excluding carboxylic acids is 1. The molecule has 0 aliphatic carbocycles. The van der Waals surface area contributed by atoms with Crippen LogP contribution in [0.2, 0.25) is 18.6 Å². The molecule has 132 valence electrons. The van der Waals surface area contributed by atoms with Crippen LogP contribution in [0.5, 0.6) is 0 Å². The average Bonchev–Trinajstić information content (AvgIpc) is 2.56. The Hall–Kier alpha value is -1.65. The minimum absolute atomic E-state index is 0.0187. The Morgan fingerprint density at radius 1 is 1.25 bits per heavy atom. The van der Waals surface area contributed by atoms with Crippen LogP contribution in [0.15, 0.2) is 55.6 Å². The first-order valence-electron chi connectivity index (χ1n) is 8.41. The van der Waals surface area contributed by atoms with Gasteiger partial charge in [0.25, 0.3) is 0 Å². The second-order valence-electron chi connectivity index (χ2n) is 7.03. The Morgan fingerprint density at radius 2 is 1.83 bits per heavy atom. The molecule has 0 fully saturated rings. The molecule has 0 aromatic heterocycles. The summed E-state index contributed by atoms with van der Waals surface area (Å²) in [5.74, 6) is -0.774. The van der Waals surface area contributed by atoms with E-state index in [0.717, 1.165) is 0 Å². The van der Waals surface area contributed by atoms with E-state index in [2.05, 4.69) is 52.2 Å². The van der Waals surface area contributed by atoms with Crippen molar-refractivity contribution >= 4 is 19.2 Å². The van der Waals surface area contributed by atoms with Crippen LogP contribution in [0.4, 0.5) is 0 Å². The average molecular weight is 347 g/mol. The second-order valence-corrected chi connectivity index (χ2v) is 11.7. The Labute approximate surface area is 147 Å². The van der Waals surface area contributed by atoms with Gasteiger partial charge in [-0.2, -0.15) is 0 Å². The maximum Gasteiger partial charge on any atom is 0.312 e. The predicted molar refractivity (Wildman–Crippen MR) is 103 cm³/mol. The van der Waals surface area contributed by atoms with Gasteiger partial charge >= 0.3 is 5.97 Å². The molecule has 3 nitrogen and oxygen atoms in total. The first-order chi connectivity index (χ1) is 11.3. The van der Waals surface area contributed by atoms with Crippen LogP contribution in [0.1, 0.15) is 13.8 Å². The topological polar surface area (TPSA) is 46.5 Å². The molecule has 1 aromatic carbocycles. The van der Waals surface area contributed by atoms with Gasteiger partial charge in [-0.15, -0.1) is 6.58 Å². The molecule has 24 heavy (non-hydrogen) atoms. The number of aliphatic hydroxyl groups excluding tert-OH is 1. The largest absolute Gasteiger partial charge is 0.461 e. The molecule has 0 saturated heterocycles. The van der Waals surface area contributed by atoms with E-state index in [9.17, 15) is 9.90 Å². The molecule has 1 aromatic rings. The van der Waals surface area contributed by atoms with E-state index >= 15 is 0 Å². The molecule has 0 saturated carbocycles. The molecule has 0 radical (unpaired) electrons. The number of esters is 1. The van der Waals surface area contributed by atoms with Crippen LogP contribution in [0, 0.1) is 11.8 Å². The van der Waals surface area contributed by atoms with Crippen LogP contribution < -0.4 is 5.19 Å². The quantitative estimate of drug-likeness (QED) is 0.423. The summed E-state index contributed by atoms with van der Waals surface area (Å²) in [6, 6.07) is 10.3. The molecule has 1 N–H and O–H groups in total. The standard InChI is InChI=1S/C20H30O3Si/c1-7-14-23-20(22)18(17(21)8-2)19(15(3)4)24(5,6)16-12-10-9-11-13-16/h7-13,15,17-19,21H,1-2,14H2,3-6H3/t17-,18-,19-/m0/s1. The molecule has 0 spiro atoms. The molecule has 0 heterocycles. The van der Waals surface area contributed by atoms with Gasteiger partial charge in [0.05, 0.1) is 20.1 Å². The fourth-order valence-electron chi connectivity index (χ4n) is 3.64. The van der Waals surface area contributed by atoms with Crippen LogP contribution >= 0.6 is 0 Å². The lowest BCUT2D eigenvalue weighted by atomic mass is 9.91. The van der Waals surface area contributed by atoms with Crippen LogP contribution in [0.25, 0.3) is 0 Å². The summed E-state index contributed by atoms with van der Waals surface area (Å²) in [7, 11) is -2.05. The first kappa shape index (κ1) is 20.4. The van der Waals surface area contributed by atoms with Gasteiger partial charge in [-0.05, 0) is 11.5 Å². The van der Waals surface area contributed by atoms with E-state index in [1.165, 1.54) is 11.3 Å². The third-order valence-electron chi connectivity index (χ3n) is 4.68. The van der Waals surface area contributed by atoms with Crippen molar-refractivity contribution in [1.29, 1.82) is 0 Å². The van der Waals surface area contributed by atoms with Gasteiger partial charge in [-0.25, -0.2) is 0 Å². The van der Waals surface area contributed by atoms with E-state index in [1.807, 2.05) is 18.2 Å². The summed E-state index contributed by atoms with van der Waals surface area (Å²) in [4.78, 5) is 12.7. The van der Waals surface area contributed by atoms with E-state index in [-0.39, 0.29) is 24.0 Å². The number of aliphatic hydroxyl groups is 1. The zero-order chi connectivity index (χ0) is 18.3. The maximum absolute atomic E-state index is 12.7. The van der Waals surface area contributed by atoms with E-state index in [0.29, 0.717) is 0 Å². The van der Waals surface area contributed by atoms with Gasteiger partial charge in [-0.1, -0.05) is 81.2 Å². The minimum Gasteiger partial charge on any atom is -0.461 e. The lowest BCUT2D eigenvalue weighted by Gasteiger charge is -2.41. The summed E-state index contributed by atoms with van der Waals surface area (Å²) >= 11 is 0. The predicted octanol–water partition coefficient (Wildman–Crippen LogP) is 3.52. The normalized spacial score (nSPS) is 15.4. The lowest BCUT2D eigenvalue weighted by molar-refractivity contribution is -0.151.